The Labute approximate surface area is 161 Å². The van der Waals surface area contributed by atoms with Crippen molar-refractivity contribution in [2.75, 3.05) is 5.32 Å². The zero-order valence-corrected chi connectivity index (χ0v) is 16.8. The average molecular weight is 361 g/mol. The highest BCUT2D eigenvalue weighted by atomic mass is 16.2. The summed E-state index contributed by atoms with van der Waals surface area (Å²) >= 11 is 0. The monoisotopic (exact) mass is 360 g/mol. The van der Waals surface area contributed by atoms with Gasteiger partial charge in [-0.2, -0.15) is 0 Å². The molecule has 0 saturated heterocycles. The van der Waals surface area contributed by atoms with Gasteiger partial charge in [0.15, 0.2) is 0 Å². The number of pyridine rings is 1. The van der Waals surface area contributed by atoms with Crippen LogP contribution >= 0.6 is 0 Å². The maximum Gasteiger partial charge on any atom is 0.230 e. The number of amides is 1. The van der Waals surface area contributed by atoms with Gasteiger partial charge in [0.05, 0.1) is 11.2 Å². The molecule has 1 unspecified atom stereocenters. The Morgan fingerprint density at radius 2 is 1.93 bits per heavy atom. The first kappa shape index (κ1) is 19.1. The lowest BCUT2D eigenvalue weighted by Crippen LogP contribution is -2.30. The molecule has 0 spiro atoms. The molecule has 0 aliphatic rings. The summed E-state index contributed by atoms with van der Waals surface area (Å²) in [5.74, 6) is 0.268. The van der Waals surface area contributed by atoms with E-state index in [1.807, 2.05) is 32.9 Å². The predicted molar refractivity (Wildman–Crippen MR) is 113 cm³/mol. The molecule has 2 aromatic carbocycles. The number of rotatable bonds is 5. The van der Waals surface area contributed by atoms with Gasteiger partial charge in [-0.05, 0) is 36.6 Å². The van der Waals surface area contributed by atoms with Gasteiger partial charge in [-0.1, -0.05) is 69.7 Å². The second-order valence-corrected chi connectivity index (χ2v) is 7.93. The van der Waals surface area contributed by atoms with E-state index < -0.39 is 5.41 Å². The number of fused-ring (bicyclic) bond motifs is 1. The van der Waals surface area contributed by atoms with Crippen LogP contribution in [0.25, 0.3) is 10.9 Å². The van der Waals surface area contributed by atoms with E-state index in [4.69, 9.17) is 0 Å². The van der Waals surface area contributed by atoms with Gasteiger partial charge in [0.2, 0.25) is 5.91 Å². The van der Waals surface area contributed by atoms with Gasteiger partial charge in [0.1, 0.15) is 0 Å². The van der Waals surface area contributed by atoms with E-state index in [-0.39, 0.29) is 11.8 Å². The van der Waals surface area contributed by atoms with Crippen LogP contribution in [0.2, 0.25) is 0 Å². The maximum atomic E-state index is 12.6. The fourth-order valence-corrected chi connectivity index (χ4v) is 3.24. The van der Waals surface area contributed by atoms with Crippen LogP contribution in [0, 0.1) is 12.3 Å². The van der Waals surface area contributed by atoms with E-state index in [1.165, 1.54) is 16.7 Å². The van der Waals surface area contributed by atoms with Gasteiger partial charge in [-0.25, -0.2) is 0 Å². The third-order valence-electron chi connectivity index (χ3n) is 5.56. The fourth-order valence-electron chi connectivity index (χ4n) is 3.24. The lowest BCUT2D eigenvalue weighted by Gasteiger charge is -2.23. The van der Waals surface area contributed by atoms with Crippen molar-refractivity contribution in [2.24, 2.45) is 5.41 Å². The maximum absolute atomic E-state index is 12.6. The lowest BCUT2D eigenvalue weighted by molar-refractivity contribution is -0.124. The van der Waals surface area contributed by atoms with Crippen LogP contribution in [0.15, 0.2) is 54.7 Å². The molecule has 1 atom stereocenters. The molecule has 0 saturated carbocycles. The van der Waals surface area contributed by atoms with E-state index in [0.29, 0.717) is 0 Å². The summed E-state index contributed by atoms with van der Waals surface area (Å²) in [6.45, 7) is 10.3. The molecule has 3 rings (SSSR count). The van der Waals surface area contributed by atoms with Gasteiger partial charge in [0.25, 0.3) is 0 Å². The van der Waals surface area contributed by atoms with Crippen molar-refractivity contribution in [2.45, 2.75) is 47.0 Å². The van der Waals surface area contributed by atoms with Gasteiger partial charge in [-0.15, -0.1) is 0 Å². The summed E-state index contributed by atoms with van der Waals surface area (Å²) < 4.78 is 0. The topological polar surface area (TPSA) is 42.0 Å². The van der Waals surface area contributed by atoms with Crippen molar-refractivity contribution in [3.05, 3.63) is 71.4 Å². The molecule has 0 bridgehead atoms. The minimum absolute atomic E-state index is 0.0245. The standard InChI is InChI=1S/C24H28N2O/c1-6-24(4,5)23(27)26-21-13-12-19(20-11-8-14-25-22(20)21)17(3)18-10-7-9-16(2)15-18/h7-15,17H,6H2,1-5H3,(H,26,27). The first-order valence-electron chi connectivity index (χ1n) is 9.59. The highest BCUT2D eigenvalue weighted by Crippen LogP contribution is 2.34. The second kappa shape index (κ2) is 7.51. The molecule has 3 aromatic rings. The minimum atomic E-state index is -0.408. The number of carbonyl (C=O) groups is 1. The van der Waals surface area contributed by atoms with Crippen molar-refractivity contribution in [3.8, 4) is 0 Å². The van der Waals surface area contributed by atoms with Crippen LogP contribution < -0.4 is 5.32 Å². The van der Waals surface area contributed by atoms with Crippen LogP contribution in [0.3, 0.4) is 0 Å². The number of nitrogens with one attached hydrogen (secondary N) is 1. The molecular formula is C24H28N2O. The predicted octanol–water partition coefficient (Wildman–Crippen LogP) is 6.07. The molecule has 1 aromatic heterocycles. The number of carbonyl (C=O) groups excluding carboxylic acids is 1. The van der Waals surface area contributed by atoms with Crippen LogP contribution in [-0.2, 0) is 4.79 Å². The van der Waals surface area contributed by atoms with E-state index in [2.05, 4.69) is 60.5 Å². The molecule has 3 nitrogen and oxygen atoms in total. The molecule has 0 radical (unpaired) electrons. The Morgan fingerprint density at radius 3 is 2.63 bits per heavy atom. The number of nitrogens with zero attached hydrogens (tertiary/aromatic N) is 1. The molecule has 1 amide bonds. The van der Waals surface area contributed by atoms with Crippen molar-refractivity contribution in [3.63, 3.8) is 0 Å². The number of aryl methyl sites for hydroxylation is 1. The van der Waals surface area contributed by atoms with Gasteiger partial charge in [0, 0.05) is 22.9 Å². The molecule has 0 fully saturated rings. The number of aromatic nitrogens is 1. The number of benzene rings is 2. The van der Waals surface area contributed by atoms with Crippen LogP contribution in [0.4, 0.5) is 5.69 Å². The summed E-state index contributed by atoms with van der Waals surface area (Å²) in [5.41, 5.74) is 4.97. The third-order valence-corrected chi connectivity index (χ3v) is 5.56. The van der Waals surface area contributed by atoms with Crippen LogP contribution in [0.5, 0.6) is 0 Å². The van der Waals surface area contributed by atoms with Crippen LogP contribution in [0.1, 0.15) is 56.7 Å². The smallest absolute Gasteiger partial charge is 0.230 e. The van der Waals surface area contributed by atoms with Gasteiger partial charge >= 0.3 is 0 Å². The summed E-state index contributed by atoms with van der Waals surface area (Å²) in [5, 5.41) is 4.17. The quantitative estimate of drug-likeness (QED) is 0.600. The molecular weight excluding hydrogens is 332 g/mol. The zero-order chi connectivity index (χ0) is 19.6. The van der Waals surface area contributed by atoms with E-state index >= 15 is 0 Å². The van der Waals surface area contributed by atoms with Gasteiger partial charge in [-0.3, -0.25) is 9.78 Å². The summed E-state index contributed by atoms with van der Waals surface area (Å²) in [4.78, 5) is 17.2. The molecule has 140 valence electrons. The molecule has 0 aliphatic carbocycles. The molecule has 27 heavy (non-hydrogen) atoms. The van der Waals surface area contributed by atoms with Crippen molar-refractivity contribution in [1.82, 2.24) is 4.98 Å². The Hall–Kier alpha value is -2.68. The molecule has 3 heteroatoms. The zero-order valence-electron chi connectivity index (χ0n) is 16.8. The Bertz CT molecular complexity index is 975. The summed E-state index contributed by atoms with van der Waals surface area (Å²) in [6, 6.07) is 16.8. The second-order valence-electron chi connectivity index (χ2n) is 7.93. The minimum Gasteiger partial charge on any atom is -0.324 e. The first-order valence-corrected chi connectivity index (χ1v) is 9.59. The number of hydrogen-bond donors (Lipinski definition) is 1. The normalized spacial score (nSPS) is 12.8. The van der Waals surface area contributed by atoms with Crippen molar-refractivity contribution < 1.29 is 4.79 Å². The van der Waals surface area contributed by atoms with E-state index in [1.54, 1.807) is 6.20 Å². The van der Waals surface area contributed by atoms with Crippen LogP contribution in [-0.4, -0.2) is 10.9 Å². The third kappa shape index (κ3) is 3.87. The lowest BCUT2D eigenvalue weighted by atomic mass is 9.88. The van der Waals surface area contributed by atoms with E-state index in [0.717, 1.165) is 23.0 Å². The molecule has 0 aliphatic heterocycles. The summed E-state index contributed by atoms with van der Waals surface area (Å²) in [7, 11) is 0. The van der Waals surface area contributed by atoms with Gasteiger partial charge < -0.3 is 5.32 Å². The SMILES string of the molecule is CCC(C)(C)C(=O)Nc1ccc(C(C)c2cccc(C)c2)c2cccnc12. The Morgan fingerprint density at radius 1 is 1.15 bits per heavy atom. The molecule has 1 heterocycles. The van der Waals surface area contributed by atoms with Crippen molar-refractivity contribution >= 4 is 22.5 Å². The highest BCUT2D eigenvalue weighted by Gasteiger charge is 2.26. The largest absolute Gasteiger partial charge is 0.324 e. The average Bonchev–Trinajstić information content (AvgIpc) is 2.67. The Balaban J connectivity index is 2.04. The molecule has 1 N–H and O–H groups in total. The highest BCUT2D eigenvalue weighted by molar-refractivity contribution is 6.03. The van der Waals surface area contributed by atoms with E-state index in [9.17, 15) is 4.79 Å². The number of anilines is 1. The van der Waals surface area contributed by atoms with Crippen molar-refractivity contribution in [1.29, 1.82) is 0 Å². The fraction of sp³-hybridized carbons (Fsp3) is 0.333. The Kier molecular flexibility index (Phi) is 5.31. The summed E-state index contributed by atoms with van der Waals surface area (Å²) in [6.07, 6.45) is 2.57. The first-order chi connectivity index (χ1) is 12.8. The number of hydrogen-bond acceptors (Lipinski definition) is 2.